The minimum Gasteiger partial charge on any atom is -0.325 e. The Morgan fingerprint density at radius 2 is 1.16 bits per heavy atom. The maximum atomic E-state index is 13.6. The zero-order valence-corrected chi connectivity index (χ0v) is 26.2. The SMILES string of the molecule is O=C(Nc1ccc(S(=O)(=O)Nc2ccc(Cl)cc2)cc1)[C@@H]1CN(S(=O)(=O)c2ccccc2)CCN1S(=O)(=O)c1ccccc1. The highest BCUT2D eigenvalue weighted by Crippen LogP contribution is 2.27. The molecule has 1 atom stereocenters. The van der Waals surface area contributed by atoms with E-state index in [2.05, 4.69) is 10.0 Å². The lowest BCUT2D eigenvalue weighted by Gasteiger charge is -2.38. The van der Waals surface area contributed by atoms with Gasteiger partial charge in [0.1, 0.15) is 6.04 Å². The van der Waals surface area contributed by atoms with E-state index in [1.165, 1.54) is 72.8 Å². The number of nitrogens with one attached hydrogen (secondary N) is 2. The van der Waals surface area contributed by atoms with Gasteiger partial charge < -0.3 is 5.32 Å². The van der Waals surface area contributed by atoms with Crippen LogP contribution >= 0.6 is 11.6 Å². The second-order valence-electron chi connectivity index (χ2n) is 9.75. The van der Waals surface area contributed by atoms with Gasteiger partial charge in [-0.2, -0.15) is 8.61 Å². The average molecular weight is 675 g/mol. The van der Waals surface area contributed by atoms with Crippen molar-refractivity contribution < 1.29 is 30.0 Å². The van der Waals surface area contributed by atoms with Crippen molar-refractivity contribution in [2.24, 2.45) is 0 Å². The van der Waals surface area contributed by atoms with Crippen molar-refractivity contribution in [1.82, 2.24) is 8.61 Å². The van der Waals surface area contributed by atoms with Gasteiger partial charge >= 0.3 is 0 Å². The van der Waals surface area contributed by atoms with E-state index in [4.69, 9.17) is 11.6 Å². The number of carbonyl (C=O) groups is 1. The molecule has 1 saturated heterocycles. The van der Waals surface area contributed by atoms with E-state index in [1.807, 2.05) is 0 Å². The van der Waals surface area contributed by atoms with E-state index < -0.39 is 48.6 Å². The van der Waals surface area contributed by atoms with Crippen molar-refractivity contribution in [3.63, 3.8) is 0 Å². The van der Waals surface area contributed by atoms with Crippen molar-refractivity contribution in [2.75, 3.05) is 29.7 Å². The predicted octanol–water partition coefficient (Wildman–Crippen LogP) is 3.84. The number of rotatable bonds is 9. The lowest BCUT2D eigenvalue weighted by atomic mass is 10.2. The summed E-state index contributed by atoms with van der Waals surface area (Å²) in [6.45, 7) is -0.873. The van der Waals surface area contributed by atoms with Crippen LogP contribution < -0.4 is 10.0 Å². The molecule has 0 radical (unpaired) electrons. The maximum absolute atomic E-state index is 13.6. The molecule has 5 rings (SSSR count). The quantitative estimate of drug-likeness (QED) is 0.274. The summed E-state index contributed by atoms with van der Waals surface area (Å²) in [6.07, 6.45) is 0. The third kappa shape index (κ3) is 6.80. The highest BCUT2D eigenvalue weighted by molar-refractivity contribution is 7.92. The molecule has 1 fully saturated rings. The van der Waals surface area contributed by atoms with Crippen molar-refractivity contribution in [1.29, 1.82) is 0 Å². The molecule has 15 heteroatoms. The Kier molecular flexibility index (Phi) is 9.11. The second kappa shape index (κ2) is 12.7. The molecule has 2 N–H and O–H groups in total. The van der Waals surface area contributed by atoms with Gasteiger partial charge in [0, 0.05) is 36.0 Å². The number of amides is 1. The molecular formula is C29H27ClN4O7S3. The van der Waals surface area contributed by atoms with Crippen LogP contribution in [0.4, 0.5) is 11.4 Å². The fraction of sp³-hybridized carbons (Fsp3) is 0.138. The molecule has 44 heavy (non-hydrogen) atoms. The Morgan fingerprint density at radius 1 is 0.636 bits per heavy atom. The average Bonchev–Trinajstić information content (AvgIpc) is 3.03. The minimum absolute atomic E-state index is 0.0162. The molecule has 0 saturated carbocycles. The van der Waals surface area contributed by atoms with Crippen molar-refractivity contribution in [2.45, 2.75) is 20.7 Å². The molecule has 1 aliphatic heterocycles. The zero-order chi connectivity index (χ0) is 31.5. The number of halogens is 1. The first-order chi connectivity index (χ1) is 20.9. The number of piperazine rings is 1. The maximum Gasteiger partial charge on any atom is 0.261 e. The summed E-state index contributed by atoms with van der Waals surface area (Å²) >= 11 is 5.86. The summed E-state index contributed by atoms with van der Waals surface area (Å²) in [7, 11) is -12.2. The third-order valence-electron chi connectivity index (χ3n) is 6.86. The number of sulfonamides is 3. The van der Waals surface area contributed by atoms with Crippen LogP contribution in [0.3, 0.4) is 0 Å². The zero-order valence-electron chi connectivity index (χ0n) is 22.9. The first-order valence-corrected chi connectivity index (χ1v) is 17.9. The summed E-state index contributed by atoms with van der Waals surface area (Å²) in [5.41, 5.74) is 0.486. The van der Waals surface area contributed by atoms with Gasteiger partial charge in [-0.1, -0.05) is 48.0 Å². The summed E-state index contributed by atoms with van der Waals surface area (Å²) in [6, 6.07) is 25.1. The lowest BCUT2D eigenvalue weighted by molar-refractivity contribution is -0.120. The topological polar surface area (TPSA) is 150 Å². The normalized spacial score (nSPS) is 16.7. The minimum atomic E-state index is -4.19. The number of hydrogen-bond acceptors (Lipinski definition) is 7. The van der Waals surface area contributed by atoms with Gasteiger partial charge in [-0.05, 0) is 72.8 Å². The second-order valence-corrected chi connectivity index (χ2v) is 15.7. The van der Waals surface area contributed by atoms with Crippen molar-refractivity contribution in [3.05, 3.63) is 114 Å². The Labute approximate surface area is 261 Å². The molecule has 0 aromatic heterocycles. The predicted molar refractivity (Wildman–Crippen MR) is 167 cm³/mol. The van der Waals surface area contributed by atoms with Gasteiger partial charge in [0.2, 0.25) is 26.0 Å². The number of nitrogens with zero attached hydrogens (tertiary/aromatic N) is 2. The van der Waals surface area contributed by atoms with Crippen LogP contribution in [0.2, 0.25) is 5.02 Å². The van der Waals surface area contributed by atoms with E-state index in [-0.39, 0.29) is 33.5 Å². The molecule has 230 valence electrons. The third-order valence-corrected chi connectivity index (χ3v) is 12.3. The largest absolute Gasteiger partial charge is 0.325 e. The molecule has 0 unspecified atom stereocenters. The number of carbonyl (C=O) groups excluding carboxylic acids is 1. The number of hydrogen-bond donors (Lipinski definition) is 2. The smallest absolute Gasteiger partial charge is 0.261 e. The lowest BCUT2D eigenvalue weighted by Crippen LogP contribution is -2.60. The fourth-order valence-corrected chi connectivity index (χ4v) is 8.84. The van der Waals surface area contributed by atoms with Gasteiger partial charge in [-0.3, -0.25) is 9.52 Å². The molecule has 1 aliphatic rings. The molecule has 0 spiro atoms. The van der Waals surface area contributed by atoms with Crippen molar-refractivity contribution >= 4 is 59.0 Å². The van der Waals surface area contributed by atoms with E-state index in [9.17, 15) is 30.0 Å². The standard InChI is InChI=1S/C29H27ClN4O7S3/c30-22-11-13-24(14-12-22)32-42(36,37)25-17-15-23(16-18-25)31-29(35)28-21-33(43(38,39)26-7-3-1-4-8-26)19-20-34(28)44(40,41)27-9-5-2-6-10-27/h1-18,28,32H,19-21H2,(H,31,35)/t28-/m0/s1. The van der Waals surface area contributed by atoms with Crippen molar-refractivity contribution in [3.8, 4) is 0 Å². The van der Waals surface area contributed by atoms with E-state index in [1.54, 1.807) is 36.4 Å². The first-order valence-electron chi connectivity index (χ1n) is 13.2. The highest BCUT2D eigenvalue weighted by atomic mass is 35.5. The van der Waals surface area contributed by atoms with Crippen LogP contribution in [-0.4, -0.2) is 65.4 Å². The molecule has 1 amide bonds. The number of benzene rings is 4. The van der Waals surface area contributed by atoms with Gasteiger partial charge in [0.25, 0.3) is 10.0 Å². The Morgan fingerprint density at radius 3 is 1.73 bits per heavy atom. The van der Waals surface area contributed by atoms with Crippen LogP contribution in [0, 0.1) is 0 Å². The number of anilines is 2. The van der Waals surface area contributed by atoms with E-state index >= 15 is 0 Å². The summed E-state index contributed by atoms with van der Waals surface area (Å²) in [5, 5.41) is 3.06. The molecule has 4 aromatic carbocycles. The monoisotopic (exact) mass is 674 g/mol. The van der Waals surface area contributed by atoms with Gasteiger partial charge in [0.05, 0.1) is 14.7 Å². The molecule has 0 aliphatic carbocycles. The highest BCUT2D eigenvalue weighted by Gasteiger charge is 2.43. The molecule has 11 nitrogen and oxygen atoms in total. The summed E-state index contributed by atoms with van der Waals surface area (Å²) < 4.78 is 84.1. The van der Waals surface area contributed by atoms with Crippen LogP contribution in [0.5, 0.6) is 0 Å². The molecule has 1 heterocycles. The molecular weight excluding hydrogens is 648 g/mol. The fourth-order valence-electron chi connectivity index (χ4n) is 4.61. The van der Waals surface area contributed by atoms with E-state index in [0.29, 0.717) is 10.7 Å². The van der Waals surface area contributed by atoms with Crippen LogP contribution in [0.1, 0.15) is 0 Å². The summed E-state index contributed by atoms with van der Waals surface area (Å²) in [4.78, 5) is 13.5. The molecule has 4 aromatic rings. The van der Waals surface area contributed by atoms with Crippen LogP contribution in [0.25, 0.3) is 0 Å². The van der Waals surface area contributed by atoms with Crippen LogP contribution in [-0.2, 0) is 34.9 Å². The van der Waals surface area contributed by atoms with Crippen LogP contribution in [0.15, 0.2) is 124 Å². The summed E-state index contributed by atoms with van der Waals surface area (Å²) in [5.74, 6) is -0.785. The van der Waals surface area contributed by atoms with Gasteiger partial charge in [-0.15, -0.1) is 0 Å². The van der Waals surface area contributed by atoms with Gasteiger partial charge in [0.15, 0.2) is 0 Å². The first kappa shape index (κ1) is 31.6. The molecule has 0 bridgehead atoms. The Balaban J connectivity index is 1.40. The van der Waals surface area contributed by atoms with E-state index in [0.717, 1.165) is 8.61 Å². The van der Waals surface area contributed by atoms with Gasteiger partial charge in [-0.25, -0.2) is 25.3 Å². The Bertz CT molecular complexity index is 1960. The Hall–Kier alpha value is -3.79.